The van der Waals surface area contributed by atoms with E-state index in [9.17, 15) is 0 Å². The van der Waals surface area contributed by atoms with Crippen LogP contribution in [0.15, 0.2) is 12.1 Å². The molecule has 1 N–H and O–H groups in total. The van der Waals surface area contributed by atoms with Gasteiger partial charge in [-0.25, -0.2) is 4.98 Å². The number of ether oxygens (including phenoxy) is 2. The molecule has 0 aliphatic heterocycles. The van der Waals surface area contributed by atoms with Crippen LogP contribution < -0.4 is 14.8 Å². The lowest BCUT2D eigenvalue weighted by Crippen LogP contribution is -1.99. The highest BCUT2D eigenvalue weighted by atomic mass is 32.1. The molecule has 0 atom stereocenters. The number of benzene rings is 1. The van der Waals surface area contributed by atoms with Gasteiger partial charge in [-0.2, -0.15) is 0 Å². The molecule has 1 aromatic carbocycles. The minimum atomic E-state index is 0.695. The van der Waals surface area contributed by atoms with Gasteiger partial charge in [0.25, 0.3) is 0 Å². The van der Waals surface area contributed by atoms with E-state index in [1.807, 2.05) is 12.1 Å². The van der Waals surface area contributed by atoms with Gasteiger partial charge in [0.15, 0.2) is 5.13 Å². The van der Waals surface area contributed by atoms with Gasteiger partial charge in [-0.3, -0.25) is 0 Å². The number of nitrogens with one attached hydrogen (secondary N) is 1. The number of hydrogen-bond acceptors (Lipinski definition) is 5. The molecule has 0 saturated carbocycles. The molecule has 0 bridgehead atoms. The maximum Gasteiger partial charge on any atom is 0.183 e. The van der Waals surface area contributed by atoms with E-state index >= 15 is 0 Å². The van der Waals surface area contributed by atoms with E-state index in [2.05, 4.69) is 31.1 Å². The molecule has 0 amide bonds. The van der Waals surface area contributed by atoms with Crippen LogP contribution in [0.1, 0.15) is 33.6 Å². The highest BCUT2D eigenvalue weighted by molar-refractivity contribution is 7.22. The molecule has 110 valence electrons. The third kappa shape index (κ3) is 3.54. The second-order valence-corrected chi connectivity index (χ2v) is 5.55. The molecule has 4 nitrogen and oxygen atoms in total. The summed E-state index contributed by atoms with van der Waals surface area (Å²) in [4.78, 5) is 4.60. The standard InChI is InChI=1S/C15H22N2O2S/c1-4-7-18-11-9-12(19-8-5-2)14-13(10-11)20-15(17-14)16-6-3/h9-10H,4-8H2,1-3H3,(H,16,17). The van der Waals surface area contributed by atoms with Gasteiger partial charge in [0.1, 0.15) is 17.0 Å². The van der Waals surface area contributed by atoms with Crippen molar-refractivity contribution < 1.29 is 9.47 Å². The maximum atomic E-state index is 5.82. The topological polar surface area (TPSA) is 43.4 Å². The van der Waals surface area contributed by atoms with Crippen LogP contribution >= 0.6 is 11.3 Å². The Morgan fingerprint density at radius 1 is 1.10 bits per heavy atom. The highest BCUT2D eigenvalue weighted by Gasteiger charge is 2.12. The lowest BCUT2D eigenvalue weighted by Gasteiger charge is -2.09. The number of nitrogens with zero attached hydrogens (tertiary/aromatic N) is 1. The Morgan fingerprint density at radius 2 is 1.85 bits per heavy atom. The second-order valence-electron chi connectivity index (χ2n) is 4.51. The van der Waals surface area contributed by atoms with E-state index in [-0.39, 0.29) is 0 Å². The molecule has 0 aliphatic rings. The first-order chi connectivity index (χ1) is 9.78. The Morgan fingerprint density at radius 3 is 2.55 bits per heavy atom. The molecule has 0 saturated heterocycles. The van der Waals surface area contributed by atoms with Crippen molar-refractivity contribution in [1.29, 1.82) is 0 Å². The van der Waals surface area contributed by atoms with E-state index in [1.165, 1.54) is 0 Å². The molecule has 2 aromatic rings. The third-order valence-corrected chi connectivity index (χ3v) is 3.66. The first-order valence-electron chi connectivity index (χ1n) is 7.22. The number of rotatable bonds is 8. The van der Waals surface area contributed by atoms with Crippen molar-refractivity contribution in [3.05, 3.63) is 12.1 Å². The van der Waals surface area contributed by atoms with E-state index < -0.39 is 0 Å². The van der Waals surface area contributed by atoms with Crippen molar-refractivity contribution in [1.82, 2.24) is 4.98 Å². The Bertz CT molecular complexity index is 554. The monoisotopic (exact) mass is 294 g/mol. The number of fused-ring (bicyclic) bond motifs is 1. The molecule has 1 heterocycles. The third-order valence-electron chi connectivity index (χ3n) is 2.70. The summed E-state index contributed by atoms with van der Waals surface area (Å²) in [5.74, 6) is 1.67. The molecule has 5 heteroatoms. The Hall–Kier alpha value is -1.49. The van der Waals surface area contributed by atoms with Gasteiger partial charge in [-0.05, 0) is 25.8 Å². The Balaban J connectivity index is 2.35. The number of thiazole rings is 1. The molecule has 0 fully saturated rings. The molecular weight excluding hydrogens is 272 g/mol. The average molecular weight is 294 g/mol. The molecular formula is C15H22N2O2S. The van der Waals surface area contributed by atoms with Gasteiger partial charge in [-0.1, -0.05) is 25.2 Å². The van der Waals surface area contributed by atoms with Crippen LogP contribution in [0.3, 0.4) is 0 Å². The molecule has 1 aromatic heterocycles. The lowest BCUT2D eigenvalue weighted by molar-refractivity contribution is 0.304. The summed E-state index contributed by atoms with van der Waals surface area (Å²) in [6.07, 6.45) is 1.97. The fourth-order valence-electron chi connectivity index (χ4n) is 1.83. The van der Waals surface area contributed by atoms with Gasteiger partial charge in [0.2, 0.25) is 0 Å². The summed E-state index contributed by atoms with van der Waals surface area (Å²) < 4.78 is 12.6. The first-order valence-corrected chi connectivity index (χ1v) is 8.04. The minimum Gasteiger partial charge on any atom is -0.493 e. The van der Waals surface area contributed by atoms with Gasteiger partial charge in [-0.15, -0.1) is 0 Å². The molecule has 20 heavy (non-hydrogen) atoms. The van der Waals surface area contributed by atoms with Crippen LogP contribution in [0.25, 0.3) is 10.2 Å². The van der Waals surface area contributed by atoms with E-state index in [1.54, 1.807) is 11.3 Å². The van der Waals surface area contributed by atoms with Gasteiger partial charge in [0.05, 0.1) is 17.9 Å². The zero-order valence-electron chi connectivity index (χ0n) is 12.4. The van der Waals surface area contributed by atoms with Crippen molar-refractivity contribution in [3.8, 4) is 11.5 Å². The molecule has 0 radical (unpaired) electrons. The van der Waals surface area contributed by atoms with Crippen molar-refractivity contribution in [2.24, 2.45) is 0 Å². The SMILES string of the molecule is CCCOc1cc(OCCC)c2nc(NCC)sc2c1. The predicted molar refractivity (Wildman–Crippen MR) is 85.4 cm³/mol. The number of hydrogen-bond donors (Lipinski definition) is 1. The van der Waals surface area contributed by atoms with Crippen molar-refractivity contribution in [3.63, 3.8) is 0 Å². The van der Waals surface area contributed by atoms with E-state index in [0.29, 0.717) is 6.61 Å². The van der Waals surface area contributed by atoms with Crippen molar-refractivity contribution in [2.45, 2.75) is 33.6 Å². The Labute approximate surface area is 124 Å². The molecule has 0 spiro atoms. The smallest absolute Gasteiger partial charge is 0.183 e. The largest absolute Gasteiger partial charge is 0.493 e. The van der Waals surface area contributed by atoms with Crippen molar-refractivity contribution in [2.75, 3.05) is 25.1 Å². The summed E-state index contributed by atoms with van der Waals surface area (Å²) in [6, 6.07) is 3.99. The zero-order chi connectivity index (χ0) is 14.4. The van der Waals surface area contributed by atoms with Gasteiger partial charge < -0.3 is 14.8 Å². The number of anilines is 1. The van der Waals surface area contributed by atoms with Gasteiger partial charge >= 0.3 is 0 Å². The van der Waals surface area contributed by atoms with Crippen LogP contribution in [0.5, 0.6) is 11.5 Å². The molecule has 0 unspecified atom stereocenters. The minimum absolute atomic E-state index is 0.695. The molecule has 0 aliphatic carbocycles. The summed E-state index contributed by atoms with van der Waals surface area (Å²) in [5, 5.41) is 4.18. The maximum absolute atomic E-state index is 5.82. The lowest BCUT2D eigenvalue weighted by atomic mass is 10.3. The number of aromatic nitrogens is 1. The first kappa shape index (κ1) is 14.9. The quantitative estimate of drug-likeness (QED) is 0.788. The predicted octanol–water partition coefficient (Wildman–Crippen LogP) is 4.31. The van der Waals surface area contributed by atoms with Crippen LogP contribution in [-0.2, 0) is 0 Å². The van der Waals surface area contributed by atoms with E-state index in [0.717, 1.165) is 52.8 Å². The van der Waals surface area contributed by atoms with Crippen LogP contribution in [0.2, 0.25) is 0 Å². The fourth-order valence-corrected chi connectivity index (χ4v) is 2.81. The Kier molecular flexibility index (Phi) is 5.47. The van der Waals surface area contributed by atoms with Crippen molar-refractivity contribution >= 4 is 26.7 Å². The highest BCUT2D eigenvalue weighted by Crippen LogP contribution is 2.36. The summed E-state index contributed by atoms with van der Waals surface area (Å²) in [5.41, 5.74) is 0.920. The summed E-state index contributed by atoms with van der Waals surface area (Å²) in [7, 11) is 0. The normalized spacial score (nSPS) is 10.8. The van der Waals surface area contributed by atoms with E-state index in [4.69, 9.17) is 9.47 Å². The average Bonchev–Trinajstić information content (AvgIpc) is 2.85. The van der Waals surface area contributed by atoms with Crippen LogP contribution in [0, 0.1) is 0 Å². The van der Waals surface area contributed by atoms with Gasteiger partial charge in [0, 0.05) is 12.6 Å². The van der Waals surface area contributed by atoms with Crippen LogP contribution in [0.4, 0.5) is 5.13 Å². The zero-order valence-corrected chi connectivity index (χ0v) is 13.2. The fraction of sp³-hybridized carbons (Fsp3) is 0.533. The van der Waals surface area contributed by atoms with Crippen LogP contribution in [-0.4, -0.2) is 24.7 Å². The summed E-state index contributed by atoms with van der Waals surface area (Å²) >= 11 is 1.63. The second kappa shape index (κ2) is 7.33. The molecule has 2 rings (SSSR count). The summed E-state index contributed by atoms with van der Waals surface area (Å²) in [6.45, 7) is 8.54.